The summed E-state index contributed by atoms with van der Waals surface area (Å²) in [5.74, 6) is -0.0207. The maximum atomic E-state index is 13.4. The van der Waals surface area contributed by atoms with E-state index in [4.69, 9.17) is 0 Å². The fourth-order valence-electron chi connectivity index (χ4n) is 5.43. The molecule has 7 heteroatoms. The number of hydrogen-bond donors (Lipinski definition) is 1. The monoisotopic (exact) mass is 445 g/mol. The first-order valence-corrected chi connectivity index (χ1v) is 11.8. The zero-order valence-electron chi connectivity index (χ0n) is 19.4. The highest BCUT2D eigenvalue weighted by molar-refractivity contribution is 6.07. The van der Waals surface area contributed by atoms with E-state index in [0.29, 0.717) is 19.4 Å². The Balaban J connectivity index is 1.23. The van der Waals surface area contributed by atoms with E-state index in [1.54, 1.807) is 24.3 Å². The summed E-state index contributed by atoms with van der Waals surface area (Å²) in [5, 5.41) is 1.26. The van der Waals surface area contributed by atoms with Crippen LogP contribution in [0, 0.1) is 6.92 Å². The highest BCUT2D eigenvalue weighted by atomic mass is 16.2. The lowest BCUT2D eigenvalue weighted by molar-refractivity contribution is -0.135. The van der Waals surface area contributed by atoms with Crippen molar-refractivity contribution in [2.24, 2.45) is 0 Å². The number of fused-ring (bicyclic) bond motifs is 1. The van der Waals surface area contributed by atoms with E-state index in [9.17, 15) is 9.59 Å². The van der Waals surface area contributed by atoms with Crippen LogP contribution in [-0.2, 0) is 17.8 Å². The van der Waals surface area contributed by atoms with Gasteiger partial charge in [-0.3, -0.25) is 19.6 Å². The molecule has 2 aliphatic rings. The number of hydrogen-bond acceptors (Lipinski definition) is 4. The molecule has 3 aromatic rings. The highest BCUT2D eigenvalue weighted by Crippen LogP contribution is 2.37. The second kappa shape index (κ2) is 8.63. The summed E-state index contributed by atoms with van der Waals surface area (Å²) in [6.07, 6.45) is 6.49. The van der Waals surface area contributed by atoms with Crippen molar-refractivity contribution >= 4 is 22.8 Å². The van der Waals surface area contributed by atoms with Crippen molar-refractivity contribution in [2.45, 2.75) is 44.7 Å². The number of likely N-dealkylation sites (tertiary alicyclic amines) is 1. The number of imide groups is 1. The average molecular weight is 446 g/mol. The normalized spacial score (nSPS) is 18.7. The van der Waals surface area contributed by atoms with Crippen molar-refractivity contribution in [3.05, 3.63) is 65.6 Å². The number of piperidine rings is 1. The Morgan fingerprint density at radius 2 is 1.79 bits per heavy atom. The largest absolute Gasteiger partial charge is 0.358 e. The molecule has 2 aliphatic heterocycles. The van der Waals surface area contributed by atoms with E-state index in [1.807, 2.05) is 18.2 Å². The number of benzene rings is 1. The molecule has 2 aromatic heterocycles. The van der Waals surface area contributed by atoms with E-state index >= 15 is 0 Å². The molecule has 4 heterocycles. The van der Waals surface area contributed by atoms with Gasteiger partial charge < -0.3 is 9.88 Å². The third kappa shape index (κ3) is 3.80. The molecule has 2 saturated heterocycles. The predicted molar refractivity (Wildman–Crippen MR) is 128 cm³/mol. The summed E-state index contributed by atoms with van der Waals surface area (Å²) in [6.45, 7) is 5.04. The quantitative estimate of drug-likeness (QED) is 0.587. The number of pyridine rings is 1. The first kappa shape index (κ1) is 21.6. The Kier molecular flexibility index (Phi) is 5.66. The SMILES string of the molecule is Cc1[nH]c2ccccc2c1CN1CCC2(CC1)C(=O)N(CCCc1ccncc1)C(=O)N2C. The van der Waals surface area contributed by atoms with Gasteiger partial charge in [0.05, 0.1) is 0 Å². The van der Waals surface area contributed by atoms with Crippen LogP contribution in [0.4, 0.5) is 4.79 Å². The molecule has 2 fully saturated rings. The van der Waals surface area contributed by atoms with Crippen LogP contribution in [-0.4, -0.2) is 68.8 Å². The zero-order valence-corrected chi connectivity index (χ0v) is 19.4. The Morgan fingerprint density at radius 1 is 1.06 bits per heavy atom. The second-order valence-electron chi connectivity index (χ2n) is 9.34. The molecule has 33 heavy (non-hydrogen) atoms. The van der Waals surface area contributed by atoms with Crippen molar-refractivity contribution in [2.75, 3.05) is 26.7 Å². The number of aryl methyl sites for hydroxylation is 2. The predicted octanol–water partition coefficient (Wildman–Crippen LogP) is 3.73. The molecule has 1 spiro atoms. The third-order valence-electron chi connectivity index (χ3n) is 7.49. The van der Waals surface area contributed by atoms with Crippen LogP contribution >= 0.6 is 0 Å². The van der Waals surface area contributed by atoms with Gasteiger partial charge in [-0.15, -0.1) is 0 Å². The lowest BCUT2D eigenvalue weighted by atomic mass is 9.86. The summed E-state index contributed by atoms with van der Waals surface area (Å²) in [6, 6.07) is 12.2. The number of rotatable bonds is 6. The molecule has 0 bridgehead atoms. The lowest BCUT2D eigenvalue weighted by Gasteiger charge is -2.40. The number of amides is 3. The minimum Gasteiger partial charge on any atom is -0.358 e. The van der Waals surface area contributed by atoms with Crippen LogP contribution < -0.4 is 0 Å². The number of para-hydroxylation sites is 1. The molecule has 0 unspecified atom stereocenters. The number of carbonyl (C=O) groups excluding carboxylic acids is 2. The van der Waals surface area contributed by atoms with Gasteiger partial charge >= 0.3 is 6.03 Å². The number of urea groups is 1. The lowest BCUT2D eigenvalue weighted by Crippen LogP contribution is -2.55. The maximum absolute atomic E-state index is 13.4. The van der Waals surface area contributed by atoms with Gasteiger partial charge in [-0.1, -0.05) is 18.2 Å². The van der Waals surface area contributed by atoms with E-state index in [2.05, 4.69) is 40.0 Å². The van der Waals surface area contributed by atoms with Crippen LogP contribution in [0.2, 0.25) is 0 Å². The molecule has 0 atom stereocenters. The van der Waals surface area contributed by atoms with Crippen LogP contribution in [0.15, 0.2) is 48.8 Å². The molecule has 1 N–H and O–H groups in total. The van der Waals surface area contributed by atoms with E-state index in [0.717, 1.165) is 38.0 Å². The Hall–Kier alpha value is -3.19. The number of aromatic nitrogens is 2. The van der Waals surface area contributed by atoms with Crippen LogP contribution in [0.5, 0.6) is 0 Å². The van der Waals surface area contributed by atoms with Gasteiger partial charge in [0.15, 0.2) is 0 Å². The smallest absolute Gasteiger partial charge is 0.327 e. The van der Waals surface area contributed by atoms with Gasteiger partial charge in [-0.2, -0.15) is 0 Å². The minimum atomic E-state index is -0.695. The summed E-state index contributed by atoms with van der Waals surface area (Å²) in [7, 11) is 1.79. The molecular weight excluding hydrogens is 414 g/mol. The Morgan fingerprint density at radius 3 is 2.55 bits per heavy atom. The number of nitrogens with zero attached hydrogens (tertiary/aromatic N) is 4. The first-order chi connectivity index (χ1) is 16.0. The molecule has 172 valence electrons. The van der Waals surface area contributed by atoms with Gasteiger partial charge in [0.25, 0.3) is 5.91 Å². The number of H-pyrrole nitrogens is 1. The molecular formula is C26H31N5O2. The van der Waals surface area contributed by atoms with Crippen molar-refractivity contribution in [1.29, 1.82) is 0 Å². The minimum absolute atomic E-state index is 0.0207. The summed E-state index contributed by atoms with van der Waals surface area (Å²) in [4.78, 5) is 39.5. The van der Waals surface area contributed by atoms with E-state index in [1.165, 1.54) is 27.1 Å². The molecule has 3 amide bonds. The number of nitrogens with one attached hydrogen (secondary N) is 1. The van der Waals surface area contributed by atoms with Gasteiger partial charge in [0, 0.05) is 62.2 Å². The summed E-state index contributed by atoms with van der Waals surface area (Å²) < 4.78 is 0. The highest BCUT2D eigenvalue weighted by Gasteiger charge is 2.56. The van der Waals surface area contributed by atoms with Crippen LogP contribution in [0.1, 0.15) is 36.1 Å². The Bertz CT molecular complexity index is 1160. The van der Waals surface area contributed by atoms with Crippen molar-refractivity contribution < 1.29 is 9.59 Å². The first-order valence-electron chi connectivity index (χ1n) is 11.8. The van der Waals surface area contributed by atoms with E-state index < -0.39 is 5.54 Å². The van der Waals surface area contributed by atoms with Gasteiger partial charge in [0.2, 0.25) is 0 Å². The van der Waals surface area contributed by atoms with Crippen molar-refractivity contribution in [1.82, 2.24) is 24.7 Å². The van der Waals surface area contributed by atoms with Gasteiger partial charge in [-0.25, -0.2) is 4.79 Å². The number of aromatic amines is 1. The molecule has 7 nitrogen and oxygen atoms in total. The van der Waals surface area contributed by atoms with Crippen molar-refractivity contribution in [3.63, 3.8) is 0 Å². The van der Waals surface area contributed by atoms with Crippen LogP contribution in [0.25, 0.3) is 10.9 Å². The molecule has 1 aromatic carbocycles. The van der Waals surface area contributed by atoms with Crippen LogP contribution in [0.3, 0.4) is 0 Å². The van der Waals surface area contributed by atoms with Gasteiger partial charge in [-0.05, 0) is 61.9 Å². The fraction of sp³-hybridized carbons (Fsp3) is 0.423. The maximum Gasteiger partial charge on any atom is 0.327 e. The number of likely N-dealkylation sites (N-methyl/N-ethyl adjacent to an activating group) is 1. The zero-order chi connectivity index (χ0) is 23.0. The van der Waals surface area contributed by atoms with E-state index in [-0.39, 0.29) is 11.9 Å². The molecule has 5 rings (SSSR count). The summed E-state index contributed by atoms with van der Waals surface area (Å²) in [5.41, 5.74) is 4.16. The standard InChI is InChI=1S/C26H31N5O2/c1-19-22(21-7-3-4-8-23(21)28-19)18-30-16-11-26(12-17-30)24(32)31(25(33)29(26)2)15-5-6-20-9-13-27-14-10-20/h3-4,7-10,13-14,28H,5-6,11-12,15-18H2,1-2H3. The molecule has 0 saturated carbocycles. The molecule has 0 radical (unpaired) electrons. The second-order valence-corrected chi connectivity index (χ2v) is 9.34. The molecule has 0 aliphatic carbocycles. The topological polar surface area (TPSA) is 72.5 Å². The number of carbonyl (C=O) groups is 2. The van der Waals surface area contributed by atoms with Crippen molar-refractivity contribution in [3.8, 4) is 0 Å². The average Bonchev–Trinajstić information content (AvgIpc) is 3.24. The fourth-order valence-corrected chi connectivity index (χ4v) is 5.43. The Labute approximate surface area is 194 Å². The summed E-state index contributed by atoms with van der Waals surface area (Å²) >= 11 is 0. The third-order valence-corrected chi connectivity index (χ3v) is 7.49. The van der Waals surface area contributed by atoms with Gasteiger partial charge in [0.1, 0.15) is 5.54 Å².